The summed E-state index contributed by atoms with van der Waals surface area (Å²) in [5.41, 5.74) is 9.94. The third-order valence-corrected chi connectivity index (χ3v) is 3.99. The number of halogens is 4. The first-order chi connectivity index (χ1) is 13.8. The van der Waals surface area contributed by atoms with Crippen LogP contribution in [0.4, 0.5) is 36.2 Å². The van der Waals surface area contributed by atoms with Crippen molar-refractivity contribution in [1.82, 2.24) is 15.4 Å². The van der Waals surface area contributed by atoms with Gasteiger partial charge in [0.05, 0.1) is 11.3 Å². The van der Waals surface area contributed by atoms with E-state index in [9.17, 15) is 18.0 Å². The maximum atomic E-state index is 13.2. The van der Waals surface area contributed by atoms with Crippen LogP contribution in [0.3, 0.4) is 0 Å². The molecule has 0 saturated heterocycles. The molecule has 1 aromatic heterocycles. The molecule has 0 aliphatic carbocycles. The van der Waals surface area contributed by atoms with Crippen LogP contribution in [-0.4, -0.2) is 15.9 Å². The number of benzene rings is 2. The largest absolute Gasteiger partial charge is 0.418 e. The van der Waals surface area contributed by atoms with Crippen molar-refractivity contribution in [1.29, 1.82) is 0 Å². The quantitative estimate of drug-likeness (QED) is 0.459. The summed E-state index contributed by atoms with van der Waals surface area (Å²) in [4.78, 5) is 19.9. The van der Waals surface area contributed by atoms with Gasteiger partial charge in [-0.15, -0.1) is 0 Å². The molecule has 5 N–H and O–H groups in total. The molecule has 29 heavy (non-hydrogen) atoms. The van der Waals surface area contributed by atoms with Crippen molar-refractivity contribution in [3.63, 3.8) is 0 Å². The van der Waals surface area contributed by atoms with E-state index >= 15 is 0 Å². The minimum Gasteiger partial charge on any atom is -0.393 e. The van der Waals surface area contributed by atoms with Gasteiger partial charge in [-0.2, -0.15) is 13.2 Å². The second-order valence-electron chi connectivity index (χ2n) is 5.74. The Morgan fingerprint density at radius 3 is 2.48 bits per heavy atom. The zero-order valence-corrected chi connectivity index (χ0v) is 15.3. The average molecular weight is 423 g/mol. The summed E-state index contributed by atoms with van der Waals surface area (Å²) in [6.45, 7) is 0. The Hall–Kier alpha value is -3.53. The van der Waals surface area contributed by atoms with Crippen LogP contribution in [0.15, 0.2) is 54.9 Å². The Morgan fingerprint density at radius 2 is 1.76 bits per heavy atom. The molecule has 0 saturated carbocycles. The molecule has 0 fully saturated rings. The fourth-order valence-electron chi connectivity index (χ4n) is 2.38. The number of anilines is 4. The van der Waals surface area contributed by atoms with Crippen molar-refractivity contribution in [3.8, 4) is 0 Å². The molecule has 1 amide bonds. The number of nitrogen functional groups attached to an aromatic ring is 1. The van der Waals surface area contributed by atoms with Gasteiger partial charge in [-0.25, -0.2) is 9.97 Å². The van der Waals surface area contributed by atoms with Gasteiger partial charge in [0, 0.05) is 10.6 Å². The van der Waals surface area contributed by atoms with Crippen LogP contribution in [0.1, 0.15) is 15.9 Å². The number of hydrazine groups is 1. The first-order valence-corrected chi connectivity index (χ1v) is 8.49. The van der Waals surface area contributed by atoms with Gasteiger partial charge in [0.1, 0.15) is 12.0 Å². The molecule has 0 unspecified atom stereocenters. The number of alkyl halides is 3. The van der Waals surface area contributed by atoms with E-state index in [0.717, 1.165) is 12.4 Å². The van der Waals surface area contributed by atoms with E-state index in [2.05, 4.69) is 26.1 Å². The molecule has 0 aliphatic heterocycles. The van der Waals surface area contributed by atoms with Crippen LogP contribution < -0.4 is 21.9 Å². The minimum absolute atomic E-state index is 0.00219. The Bertz CT molecular complexity index is 1040. The summed E-state index contributed by atoms with van der Waals surface area (Å²) >= 11 is 5.84. The van der Waals surface area contributed by atoms with E-state index in [-0.39, 0.29) is 28.6 Å². The topological polar surface area (TPSA) is 105 Å². The van der Waals surface area contributed by atoms with Crippen LogP contribution in [0.5, 0.6) is 0 Å². The Balaban J connectivity index is 1.78. The van der Waals surface area contributed by atoms with E-state index in [0.29, 0.717) is 5.02 Å². The Labute approximate surface area is 168 Å². The molecular formula is C18H14ClF3N6O. The normalized spacial score (nSPS) is 11.0. The monoisotopic (exact) mass is 422 g/mol. The highest BCUT2D eigenvalue weighted by Gasteiger charge is 2.33. The van der Waals surface area contributed by atoms with Crippen molar-refractivity contribution in [2.45, 2.75) is 6.18 Å². The third-order valence-electron chi connectivity index (χ3n) is 3.75. The molecule has 7 nitrogen and oxygen atoms in total. The molecule has 0 aliphatic rings. The molecule has 0 atom stereocenters. The van der Waals surface area contributed by atoms with Crippen LogP contribution in [-0.2, 0) is 6.18 Å². The van der Waals surface area contributed by atoms with Gasteiger partial charge in [-0.3, -0.25) is 15.6 Å². The molecule has 3 aromatic rings. The number of carbonyl (C=O) groups is 1. The number of carbonyl (C=O) groups excluding carboxylic acids is 1. The van der Waals surface area contributed by atoms with E-state index in [4.69, 9.17) is 17.3 Å². The number of aromatic nitrogens is 2. The number of hydrogen-bond donors (Lipinski definition) is 4. The number of nitrogens with one attached hydrogen (secondary N) is 3. The first kappa shape index (κ1) is 20.2. The van der Waals surface area contributed by atoms with Gasteiger partial charge in [0.25, 0.3) is 5.91 Å². The summed E-state index contributed by atoms with van der Waals surface area (Å²) < 4.78 is 39.5. The van der Waals surface area contributed by atoms with E-state index in [1.54, 1.807) is 18.2 Å². The summed E-state index contributed by atoms with van der Waals surface area (Å²) in [7, 11) is 0. The number of rotatable bonds is 5. The minimum atomic E-state index is -4.56. The lowest BCUT2D eigenvalue weighted by Crippen LogP contribution is -2.30. The Kier molecular flexibility index (Phi) is 5.74. The fourth-order valence-corrected chi connectivity index (χ4v) is 2.57. The maximum Gasteiger partial charge on any atom is 0.418 e. The molecular weight excluding hydrogens is 409 g/mol. The molecule has 11 heteroatoms. The lowest BCUT2D eigenvalue weighted by Gasteiger charge is -2.16. The van der Waals surface area contributed by atoms with Crippen molar-refractivity contribution in [3.05, 3.63) is 71.0 Å². The third kappa shape index (κ3) is 4.85. The van der Waals surface area contributed by atoms with Crippen LogP contribution in [0.25, 0.3) is 0 Å². The number of para-hydroxylation sites is 1. The van der Waals surface area contributed by atoms with Gasteiger partial charge in [-0.1, -0.05) is 29.8 Å². The SMILES string of the molecule is Nc1c(NNC(=O)c2cccc(Cl)c2)ncnc1Nc1ccccc1C(F)(F)F. The van der Waals surface area contributed by atoms with Crippen LogP contribution >= 0.6 is 11.6 Å². The molecule has 3 rings (SSSR count). The zero-order valence-electron chi connectivity index (χ0n) is 14.6. The molecule has 0 spiro atoms. The first-order valence-electron chi connectivity index (χ1n) is 8.11. The Morgan fingerprint density at radius 1 is 1.03 bits per heavy atom. The van der Waals surface area contributed by atoms with Gasteiger partial charge < -0.3 is 11.1 Å². The van der Waals surface area contributed by atoms with Crippen molar-refractivity contribution < 1.29 is 18.0 Å². The standard InChI is InChI=1S/C18H14ClF3N6O/c19-11-5-3-4-10(8-11)17(29)28-27-16-14(23)15(24-9-25-16)26-13-7-2-1-6-12(13)18(20,21)22/h1-9H,23H2,(H,28,29)(H2,24,25,26,27). The predicted molar refractivity (Wildman–Crippen MR) is 104 cm³/mol. The van der Waals surface area contributed by atoms with E-state index in [1.807, 2.05) is 0 Å². The van der Waals surface area contributed by atoms with Gasteiger partial charge in [0.15, 0.2) is 11.6 Å². The van der Waals surface area contributed by atoms with Crippen LogP contribution in [0.2, 0.25) is 5.02 Å². The van der Waals surface area contributed by atoms with Crippen molar-refractivity contribution in [2.24, 2.45) is 0 Å². The highest BCUT2D eigenvalue weighted by Crippen LogP contribution is 2.36. The molecule has 2 aromatic carbocycles. The average Bonchev–Trinajstić information content (AvgIpc) is 2.68. The smallest absolute Gasteiger partial charge is 0.393 e. The summed E-state index contributed by atoms with van der Waals surface area (Å²) in [5, 5.41) is 2.93. The van der Waals surface area contributed by atoms with Crippen molar-refractivity contribution >= 4 is 40.5 Å². The molecule has 1 heterocycles. The van der Waals surface area contributed by atoms with Gasteiger partial charge >= 0.3 is 6.18 Å². The summed E-state index contributed by atoms with van der Waals surface area (Å²) in [5.74, 6) is -0.569. The fraction of sp³-hybridized carbons (Fsp3) is 0.0556. The number of amides is 1. The lowest BCUT2D eigenvalue weighted by molar-refractivity contribution is -0.136. The molecule has 0 radical (unpaired) electrons. The zero-order chi connectivity index (χ0) is 21.0. The van der Waals surface area contributed by atoms with Gasteiger partial charge in [-0.05, 0) is 30.3 Å². The van der Waals surface area contributed by atoms with Crippen molar-refractivity contribution in [2.75, 3.05) is 16.5 Å². The number of nitrogens with zero attached hydrogens (tertiary/aromatic N) is 2. The maximum absolute atomic E-state index is 13.2. The van der Waals surface area contributed by atoms with Gasteiger partial charge in [0.2, 0.25) is 0 Å². The second kappa shape index (κ2) is 8.23. The highest BCUT2D eigenvalue weighted by atomic mass is 35.5. The molecule has 150 valence electrons. The number of nitrogens with two attached hydrogens (primary N) is 1. The number of hydrogen-bond acceptors (Lipinski definition) is 6. The van der Waals surface area contributed by atoms with E-state index in [1.165, 1.54) is 24.3 Å². The molecule has 0 bridgehead atoms. The highest BCUT2D eigenvalue weighted by molar-refractivity contribution is 6.30. The predicted octanol–water partition coefficient (Wildman–Crippen LogP) is 4.23. The summed E-state index contributed by atoms with van der Waals surface area (Å²) in [6, 6.07) is 11.1. The summed E-state index contributed by atoms with van der Waals surface area (Å²) in [6.07, 6.45) is -3.47. The van der Waals surface area contributed by atoms with Crippen LogP contribution in [0, 0.1) is 0 Å². The lowest BCUT2D eigenvalue weighted by atomic mass is 10.1. The second-order valence-corrected chi connectivity index (χ2v) is 6.18. The van der Waals surface area contributed by atoms with E-state index < -0.39 is 17.6 Å².